The first-order valence-electron chi connectivity index (χ1n) is 34.2. The number of esters is 4. The molecule has 0 heterocycles. The van der Waals surface area contributed by atoms with Gasteiger partial charge in [-0.3, -0.25) is 37.3 Å². The van der Waals surface area contributed by atoms with Crippen LogP contribution in [0.15, 0.2) is 0 Å². The van der Waals surface area contributed by atoms with Crippen LogP contribution in [-0.4, -0.2) is 96.7 Å². The fourth-order valence-corrected chi connectivity index (χ4v) is 11.4. The summed E-state index contributed by atoms with van der Waals surface area (Å²) in [5.41, 5.74) is 0. The van der Waals surface area contributed by atoms with E-state index in [4.69, 9.17) is 37.0 Å². The van der Waals surface area contributed by atoms with Crippen molar-refractivity contribution in [3.05, 3.63) is 0 Å². The fraction of sp³-hybridized carbons (Fsp3) is 0.939. The van der Waals surface area contributed by atoms with Gasteiger partial charge < -0.3 is 33.8 Å². The summed E-state index contributed by atoms with van der Waals surface area (Å²) >= 11 is 0. The van der Waals surface area contributed by atoms with Crippen LogP contribution < -0.4 is 0 Å². The summed E-state index contributed by atoms with van der Waals surface area (Å²) in [5.74, 6) is 0.727. The summed E-state index contributed by atoms with van der Waals surface area (Å²) in [6.45, 7) is 13.9. The third-order valence-corrected chi connectivity index (χ3v) is 17.0. The molecule has 0 bridgehead atoms. The topological polar surface area (TPSA) is 237 Å². The highest BCUT2D eigenvalue weighted by molar-refractivity contribution is 7.47. The second-order valence-corrected chi connectivity index (χ2v) is 28.7. The summed E-state index contributed by atoms with van der Waals surface area (Å²) in [6.07, 6.45) is 36.5. The Bertz CT molecular complexity index is 1700. The average Bonchev–Trinajstić information content (AvgIpc) is 3.51. The maximum absolute atomic E-state index is 13.0. The molecule has 0 rings (SSSR count). The van der Waals surface area contributed by atoms with E-state index in [-0.39, 0.29) is 25.7 Å². The third-order valence-electron chi connectivity index (χ3n) is 15.1. The molecule has 0 fully saturated rings. The van der Waals surface area contributed by atoms with Crippen LogP contribution in [-0.2, 0) is 65.4 Å². The lowest BCUT2D eigenvalue weighted by molar-refractivity contribution is -0.161. The van der Waals surface area contributed by atoms with Crippen molar-refractivity contribution >= 4 is 39.5 Å². The molecule has 0 aliphatic heterocycles. The molecule has 5 atom stereocenters. The predicted molar refractivity (Wildman–Crippen MR) is 340 cm³/mol. The maximum atomic E-state index is 13.0. The number of phosphoric acid groups is 2. The Morgan fingerprint density at radius 1 is 0.294 bits per heavy atom. The van der Waals surface area contributed by atoms with Gasteiger partial charge in [0.2, 0.25) is 0 Å². The second kappa shape index (κ2) is 56.1. The number of phosphoric ester groups is 2. The molecule has 0 saturated carbocycles. The van der Waals surface area contributed by atoms with Gasteiger partial charge in [0.05, 0.1) is 26.4 Å². The summed E-state index contributed by atoms with van der Waals surface area (Å²) in [5, 5.41) is 10.5. The first kappa shape index (κ1) is 83.1. The van der Waals surface area contributed by atoms with Crippen molar-refractivity contribution in [2.75, 3.05) is 39.6 Å². The largest absolute Gasteiger partial charge is 0.472 e. The molecule has 0 aromatic heterocycles. The van der Waals surface area contributed by atoms with Gasteiger partial charge in [0.1, 0.15) is 19.3 Å². The van der Waals surface area contributed by atoms with E-state index in [0.717, 1.165) is 109 Å². The van der Waals surface area contributed by atoms with Crippen molar-refractivity contribution in [3.8, 4) is 0 Å². The van der Waals surface area contributed by atoms with E-state index < -0.39 is 97.5 Å². The van der Waals surface area contributed by atoms with E-state index in [2.05, 4.69) is 55.4 Å². The average molecular weight is 1260 g/mol. The molecule has 0 radical (unpaired) electrons. The lowest BCUT2D eigenvalue weighted by Gasteiger charge is -2.21. The second-order valence-electron chi connectivity index (χ2n) is 25.8. The molecule has 0 aliphatic carbocycles. The van der Waals surface area contributed by atoms with Gasteiger partial charge in [-0.25, -0.2) is 9.13 Å². The number of aliphatic hydroxyl groups excluding tert-OH is 1. The minimum Gasteiger partial charge on any atom is -0.462 e. The molecule has 17 nitrogen and oxygen atoms in total. The van der Waals surface area contributed by atoms with Crippen LogP contribution in [0.25, 0.3) is 0 Å². The summed E-state index contributed by atoms with van der Waals surface area (Å²) < 4.78 is 68.0. The van der Waals surface area contributed by atoms with Gasteiger partial charge in [0.15, 0.2) is 12.2 Å². The zero-order valence-corrected chi connectivity index (χ0v) is 57.0. The van der Waals surface area contributed by atoms with Crippen LogP contribution in [0, 0.1) is 23.7 Å². The van der Waals surface area contributed by atoms with Crippen molar-refractivity contribution in [2.24, 2.45) is 23.7 Å². The molecular weight excluding hydrogens is 1130 g/mol. The van der Waals surface area contributed by atoms with Gasteiger partial charge in [-0.15, -0.1) is 0 Å². The minimum absolute atomic E-state index is 0.102. The molecule has 3 N–H and O–H groups in total. The predicted octanol–water partition coefficient (Wildman–Crippen LogP) is 18.1. The maximum Gasteiger partial charge on any atom is 0.472 e. The van der Waals surface area contributed by atoms with Crippen LogP contribution in [0.3, 0.4) is 0 Å². The molecule has 0 aromatic rings. The van der Waals surface area contributed by atoms with Gasteiger partial charge in [-0.1, -0.05) is 267 Å². The number of hydrogen-bond donors (Lipinski definition) is 3. The first-order valence-corrected chi connectivity index (χ1v) is 37.2. The van der Waals surface area contributed by atoms with Gasteiger partial charge >= 0.3 is 39.5 Å². The first-order chi connectivity index (χ1) is 40.6. The Labute approximate surface area is 517 Å². The molecule has 3 unspecified atom stereocenters. The van der Waals surface area contributed by atoms with E-state index in [1.165, 1.54) is 109 Å². The van der Waals surface area contributed by atoms with Gasteiger partial charge in [-0.05, 0) is 49.4 Å². The van der Waals surface area contributed by atoms with Crippen LogP contribution >= 0.6 is 15.6 Å². The SMILES string of the molecule is CC(C)CCCCCCCCCCCCCCCC(=O)O[C@H](COC(=O)CCCCCCCCCC(C)C)COP(=O)(O)OCC(O)COP(=O)(O)OC[C@@H](COC(=O)CCCCCCCCC(C)C)OC(=O)CCCCCCCCCC(C)C. The van der Waals surface area contributed by atoms with Gasteiger partial charge in [0, 0.05) is 25.7 Å². The Balaban J connectivity index is 5.22. The monoisotopic (exact) mass is 1250 g/mol. The van der Waals surface area contributed by atoms with Gasteiger partial charge in [0.25, 0.3) is 0 Å². The highest BCUT2D eigenvalue weighted by Gasteiger charge is 2.30. The normalized spacial score (nSPS) is 14.4. The van der Waals surface area contributed by atoms with Gasteiger partial charge in [-0.2, -0.15) is 0 Å². The minimum atomic E-state index is -4.95. The lowest BCUT2D eigenvalue weighted by Crippen LogP contribution is -2.30. The molecule has 504 valence electrons. The summed E-state index contributed by atoms with van der Waals surface area (Å²) in [7, 11) is -9.89. The number of aliphatic hydroxyl groups is 1. The van der Waals surface area contributed by atoms with E-state index in [9.17, 15) is 43.2 Å². The molecule has 0 saturated heterocycles. The smallest absolute Gasteiger partial charge is 0.462 e. The molecule has 0 amide bonds. The van der Waals surface area contributed by atoms with E-state index >= 15 is 0 Å². The molecule has 0 aromatic carbocycles. The van der Waals surface area contributed by atoms with E-state index in [1.807, 2.05) is 0 Å². The molecular formula is C66H128O17P2. The number of ether oxygens (including phenoxy) is 4. The standard InChI is InChI=1S/C66H128O17P2/c1-56(2)42-34-26-18-14-12-10-9-11-13-15-21-32-40-48-65(70)82-61(52-76-63(68)46-38-30-22-16-19-27-35-43-57(3)4)54-80-84(72,73)78-50-60(67)51-79-85(74,75)81-55-62(53-77-64(69)47-39-31-25-24-29-37-45-59(7)8)83-66(71)49-41-33-23-17-20-28-36-44-58(5)6/h56-62,67H,9-55H2,1-8H3,(H,72,73)(H,74,75)/t60?,61-,62-/m1/s1. The zero-order chi connectivity index (χ0) is 63.2. The zero-order valence-electron chi connectivity index (χ0n) is 55.2. The molecule has 19 heteroatoms. The summed E-state index contributed by atoms with van der Waals surface area (Å²) in [4.78, 5) is 72.2. The Hall–Kier alpha value is -1.94. The highest BCUT2D eigenvalue weighted by atomic mass is 31.2. The number of rotatable bonds is 63. The number of carbonyl (C=O) groups is 4. The fourth-order valence-electron chi connectivity index (χ4n) is 9.78. The number of carbonyl (C=O) groups excluding carboxylic acids is 4. The quantitative estimate of drug-likeness (QED) is 0.0222. The van der Waals surface area contributed by atoms with Crippen molar-refractivity contribution in [1.82, 2.24) is 0 Å². The number of hydrogen-bond acceptors (Lipinski definition) is 15. The Morgan fingerprint density at radius 2 is 0.494 bits per heavy atom. The molecule has 0 spiro atoms. The summed E-state index contributed by atoms with van der Waals surface area (Å²) in [6, 6.07) is 0. The molecule has 0 aliphatic rings. The van der Waals surface area contributed by atoms with Crippen molar-refractivity contribution in [3.63, 3.8) is 0 Å². The number of unbranched alkanes of at least 4 members (excludes halogenated alkanes) is 29. The Morgan fingerprint density at radius 3 is 0.729 bits per heavy atom. The van der Waals surface area contributed by atoms with Crippen LogP contribution in [0.2, 0.25) is 0 Å². The molecule has 85 heavy (non-hydrogen) atoms. The lowest BCUT2D eigenvalue weighted by atomic mass is 10.0. The van der Waals surface area contributed by atoms with E-state index in [1.54, 1.807) is 0 Å². The third kappa shape index (κ3) is 60.7. The highest BCUT2D eigenvalue weighted by Crippen LogP contribution is 2.45. The Kier molecular flexibility index (Phi) is 54.8. The van der Waals surface area contributed by atoms with Crippen LogP contribution in [0.1, 0.15) is 319 Å². The van der Waals surface area contributed by atoms with Crippen LogP contribution in [0.4, 0.5) is 0 Å². The van der Waals surface area contributed by atoms with E-state index in [0.29, 0.717) is 43.4 Å². The van der Waals surface area contributed by atoms with Crippen molar-refractivity contribution in [2.45, 2.75) is 337 Å². The van der Waals surface area contributed by atoms with Crippen molar-refractivity contribution in [1.29, 1.82) is 0 Å². The van der Waals surface area contributed by atoms with Crippen molar-refractivity contribution < 1.29 is 80.2 Å². The van der Waals surface area contributed by atoms with Crippen LogP contribution in [0.5, 0.6) is 0 Å².